The molecule has 0 saturated carbocycles. The molecule has 0 radical (unpaired) electrons. The molecule has 112 valence electrons. The molecule has 0 aliphatic heterocycles. The lowest BCUT2D eigenvalue weighted by molar-refractivity contribution is -0.123. The number of hydrogen-bond donors (Lipinski definition) is 2. The number of carbonyl (C=O) groups is 1. The van der Waals surface area contributed by atoms with Gasteiger partial charge in [-0.2, -0.15) is 0 Å². The second-order valence-corrected chi connectivity index (χ2v) is 5.80. The normalized spacial score (nSPS) is 11.2. The van der Waals surface area contributed by atoms with Crippen molar-refractivity contribution in [3.63, 3.8) is 0 Å². The fraction of sp³-hybridized carbons (Fsp3) is 0.533. The quantitative estimate of drug-likeness (QED) is 0.762. The van der Waals surface area contributed by atoms with Gasteiger partial charge < -0.3 is 15.2 Å². The van der Waals surface area contributed by atoms with Crippen LogP contribution < -0.4 is 10.1 Å². The maximum absolute atomic E-state index is 11.8. The molecule has 0 unspecified atom stereocenters. The first-order valence-corrected chi connectivity index (χ1v) is 7.60. The minimum Gasteiger partial charge on any atom is -0.484 e. The third kappa shape index (κ3) is 5.13. The fourth-order valence-corrected chi connectivity index (χ4v) is 2.06. The Kier molecular flexibility index (Phi) is 7.02. The topological polar surface area (TPSA) is 58.6 Å². The van der Waals surface area contributed by atoms with Crippen LogP contribution in [0.1, 0.15) is 26.7 Å². The summed E-state index contributed by atoms with van der Waals surface area (Å²) in [4.78, 5) is 11.8. The van der Waals surface area contributed by atoms with Gasteiger partial charge >= 0.3 is 0 Å². The molecule has 0 fully saturated rings. The second-order valence-electron chi connectivity index (χ2n) is 4.88. The first-order chi connectivity index (χ1) is 9.55. The van der Waals surface area contributed by atoms with Crippen molar-refractivity contribution in [3.8, 4) is 5.75 Å². The fourth-order valence-electron chi connectivity index (χ4n) is 1.80. The number of amides is 1. The predicted molar refractivity (Wildman–Crippen MR) is 82.7 cm³/mol. The van der Waals surface area contributed by atoms with Gasteiger partial charge in [-0.3, -0.25) is 4.79 Å². The monoisotopic (exact) mass is 343 g/mol. The van der Waals surface area contributed by atoms with Crippen molar-refractivity contribution in [2.24, 2.45) is 5.41 Å². The summed E-state index contributed by atoms with van der Waals surface area (Å²) in [7, 11) is 0. The first-order valence-electron chi connectivity index (χ1n) is 6.81. The Morgan fingerprint density at radius 2 is 1.90 bits per heavy atom. The third-order valence-corrected chi connectivity index (χ3v) is 4.21. The van der Waals surface area contributed by atoms with E-state index >= 15 is 0 Å². The largest absolute Gasteiger partial charge is 0.484 e. The number of benzene rings is 1. The molecule has 2 N–H and O–H groups in total. The van der Waals surface area contributed by atoms with Gasteiger partial charge in [0.05, 0.1) is 6.61 Å². The van der Waals surface area contributed by atoms with Crippen molar-refractivity contribution in [2.75, 3.05) is 19.8 Å². The third-order valence-electron chi connectivity index (χ3n) is 3.68. The van der Waals surface area contributed by atoms with Crippen molar-refractivity contribution in [1.82, 2.24) is 5.32 Å². The van der Waals surface area contributed by atoms with E-state index < -0.39 is 0 Å². The minimum absolute atomic E-state index is 0.0173. The number of ether oxygens (including phenoxy) is 1. The van der Waals surface area contributed by atoms with Crippen LogP contribution in [-0.2, 0) is 4.79 Å². The molecule has 0 bridgehead atoms. The van der Waals surface area contributed by atoms with Crippen LogP contribution in [0, 0.1) is 5.41 Å². The van der Waals surface area contributed by atoms with E-state index in [4.69, 9.17) is 4.74 Å². The van der Waals surface area contributed by atoms with Crippen LogP contribution in [0.4, 0.5) is 0 Å². The van der Waals surface area contributed by atoms with Crippen LogP contribution in [-0.4, -0.2) is 30.8 Å². The molecular formula is C15H22BrNO3. The summed E-state index contributed by atoms with van der Waals surface area (Å²) in [6, 6.07) is 7.32. The predicted octanol–water partition coefficient (Wildman–Crippen LogP) is 2.74. The molecule has 1 aromatic carbocycles. The van der Waals surface area contributed by atoms with E-state index in [1.54, 1.807) is 12.1 Å². The molecule has 0 aromatic heterocycles. The van der Waals surface area contributed by atoms with Gasteiger partial charge in [0, 0.05) is 16.4 Å². The highest BCUT2D eigenvalue weighted by molar-refractivity contribution is 9.10. The molecule has 0 atom stereocenters. The maximum atomic E-state index is 11.8. The van der Waals surface area contributed by atoms with Crippen molar-refractivity contribution >= 4 is 21.8 Å². The van der Waals surface area contributed by atoms with Crippen LogP contribution in [0.5, 0.6) is 5.75 Å². The smallest absolute Gasteiger partial charge is 0.257 e. The zero-order valence-electron chi connectivity index (χ0n) is 12.0. The van der Waals surface area contributed by atoms with Crippen molar-refractivity contribution < 1.29 is 14.6 Å². The van der Waals surface area contributed by atoms with Crippen LogP contribution in [0.25, 0.3) is 0 Å². The van der Waals surface area contributed by atoms with Gasteiger partial charge in [0.1, 0.15) is 5.75 Å². The van der Waals surface area contributed by atoms with E-state index in [-0.39, 0.29) is 24.5 Å². The number of nitrogens with one attached hydrogen (secondary N) is 1. The molecule has 0 aliphatic rings. The molecule has 5 heteroatoms. The summed E-state index contributed by atoms with van der Waals surface area (Å²) in [5, 5.41) is 12.3. The number of aliphatic hydroxyl groups is 1. The Morgan fingerprint density at radius 1 is 1.30 bits per heavy atom. The summed E-state index contributed by atoms with van der Waals surface area (Å²) in [6.07, 6.45) is 1.65. The average Bonchev–Trinajstić information content (AvgIpc) is 2.48. The van der Waals surface area contributed by atoms with Gasteiger partial charge in [-0.1, -0.05) is 29.8 Å². The standard InChI is InChI=1S/C15H22BrNO3/c1-3-15(4-2,11-18)10-17-14(19)9-20-13-7-5-12(16)6-8-13/h5-8,18H,3-4,9-11H2,1-2H3,(H,17,19). The highest BCUT2D eigenvalue weighted by Crippen LogP contribution is 2.24. The highest BCUT2D eigenvalue weighted by Gasteiger charge is 2.25. The molecule has 0 saturated heterocycles. The van der Waals surface area contributed by atoms with Crippen LogP contribution >= 0.6 is 15.9 Å². The van der Waals surface area contributed by atoms with E-state index in [2.05, 4.69) is 21.2 Å². The molecule has 0 spiro atoms. The summed E-state index contributed by atoms with van der Waals surface area (Å²) in [5.41, 5.74) is -0.229. The maximum Gasteiger partial charge on any atom is 0.257 e. The number of halogens is 1. The van der Waals surface area contributed by atoms with Gasteiger partial charge in [0.2, 0.25) is 0 Å². The van der Waals surface area contributed by atoms with Crippen LogP contribution in [0.2, 0.25) is 0 Å². The second kappa shape index (κ2) is 8.27. The molecule has 1 rings (SSSR count). The highest BCUT2D eigenvalue weighted by atomic mass is 79.9. The molecule has 1 amide bonds. The summed E-state index contributed by atoms with van der Waals surface area (Å²) in [5.74, 6) is 0.482. The Labute approximate surface area is 128 Å². The van der Waals surface area contributed by atoms with Crippen LogP contribution in [0.15, 0.2) is 28.7 Å². The number of aliphatic hydroxyl groups excluding tert-OH is 1. The van der Waals surface area contributed by atoms with Crippen molar-refractivity contribution in [1.29, 1.82) is 0 Å². The average molecular weight is 344 g/mol. The minimum atomic E-state index is -0.229. The van der Waals surface area contributed by atoms with Gasteiger partial charge in [0.25, 0.3) is 5.91 Å². The Bertz CT molecular complexity index is 407. The van der Waals surface area contributed by atoms with E-state index in [1.165, 1.54) is 0 Å². The van der Waals surface area contributed by atoms with E-state index in [0.29, 0.717) is 12.3 Å². The lowest BCUT2D eigenvalue weighted by Crippen LogP contribution is -2.41. The number of carbonyl (C=O) groups excluding carboxylic acids is 1. The number of rotatable bonds is 8. The molecule has 0 heterocycles. The van der Waals surface area contributed by atoms with Gasteiger partial charge in [-0.15, -0.1) is 0 Å². The molecule has 4 nitrogen and oxygen atoms in total. The number of hydrogen-bond acceptors (Lipinski definition) is 3. The summed E-state index contributed by atoms with van der Waals surface area (Å²) >= 11 is 3.34. The van der Waals surface area contributed by atoms with Crippen molar-refractivity contribution in [2.45, 2.75) is 26.7 Å². The van der Waals surface area contributed by atoms with Crippen molar-refractivity contribution in [3.05, 3.63) is 28.7 Å². The van der Waals surface area contributed by atoms with E-state index in [1.807, 2.05) is 26.0 Å². The first kappa shape index (κ1) is 17.0. The molecule has 0 aliphatic carbocycles. The van der Waals surface area contributed by atoms with E-state index in [9.17, 15) is 9.90 Å². The van der Waals surface area contributed by atoms with Gasteiger partial charge in [-0.05, 0) is 37.1 Å². The molecule has 1 aromatic rings. The van der Waals surface area contributed by atoms with E-state index in [0.717, 1.165) is 17.3 Å². The summed E-state index contributed by atoms with van der Waals surface area (Å²) < 4.78 is 6.36. The Hall–Kier alpha value is -1.07. The lowest BCUT2D eigenvalue weighted by atomic mass is 9.83. The molecular weight excluding hydrogens is 322 g/mol. The lowest BCUT2D eigenvalue weighted by Gasteiger charge is -2.29. The van der Waals surface area contributed by atoms with Gasteiger partial charge in [-0.25, -0.2) is 0 Å². The Morgan fingerprint density at radius 3 is 2.40 bits per heavy atom. The molecule has 20 heavy (non-hydrogen) atoms. The Balaban J connectivity index is 2.38. The zero-order valence-corrected chi connectivity index (χ0v) is 13.6. The SMILES string of the molecule is CCC(CC)(CO)CNC(=O)COc1ccc(Br)cc1. The van der Waals surface area contributed by atoms with Crippen LogP contribution in [0.3, 0.4) is 0 Å². The summed E-state index contributed by atoms with van der Waals surface area (Å²) in [6.45, 7) is 4.57. The zero-order chi connectivity index (χ0) is 15.0. The van der Waals surface area contributed by atoms with Gasteiger partial charge in [0.15, 0.2) is 6.61 Å².